The first-order chi connectivity index (χ1) is 11.2. The summed E-state index contributed by atoms with van der Waals surface area (Å²) in [5.41, 5.74) is 1.96. The number of hydrogen-bond donors (Lipinski definition) is 3. The molecule has 1 aliphatic heterocycles. The zero-order valence-electron chi connectivity index (χ0n) is 15.7. The van der Waals surface area contributed by atoms with Crippen LogP contribution >= 0.6 is 0 Å². The smallest absolute Gasteiger partial charge is 0.114 e. The molecular weight excluding hydrogens is 304 g/mol. The highest BCUT2D eigenvalue weighted by molar-refractivity contribution is 5.13. The summed E-state index contributed by atoms with van der Waals surface area (Å²) in [4.78, 5) is 0. The first-order valence-corrected chi connectivity index (χ1v) is 8.83. The Balaban J connectivity index is 2.74. The second-order valence-electron chi connectivity index (χ2n) is 7.16. The molecule has 4 nitrogen and oxygen atoms in total. The standard InChI is InChI=1S/C20H34O4/c1-6-14(2)7-10-17-16(4)9-12-19(24-17)20(5,23)18(22)11-8-15(3)13-21/h6,8-9,17-19,21-23H,7,10-13H2,1-5H3/b14-6+,15-8+/t17-,18-,19+,20-/m0/s1. The van der Waals surface area contributed by atoms with Gasteiger partial charge in [0.25, 0.3) is 0 Å². The summed E-state index contributed by atoms with van der Waals surface area (Å²) in [7, 11) is 0. The molecule has 1 heterocycles. The molecule has 3 N–H and O–H groups in total. The van der Waals surface area contributed by atoms with Gasteiger partial charge < -0.3 is 20.1 Å². The van der Waals surface area contributed by atoms with Crippen molar-refractivity contribution in [1.82, 2.24) is 0 Å². The third-order valence-electron chi connectivity index (χ3n) is 5.05. The SMILES string of the molecule is C/C=C(\C)CC[C@@H]1O[C@@H]([C@@](C)(O)[C@@H](O)C/C=C(\C)CO)CC=C1C. The molecule has 0 fully saturated rings. The van der Waals surface area contributed by atoms with Gasteiger partial charge in [0.2, 0.25) is 0 Å². The minimum absolute atomic E-state index is 0.0213. The number of aliphatic hydroxyl groups excluding tert-OH is 2. The van der Waals surface area contributed by atoms with Crippen LogP contribution in [0, 0.1) is 0 Å². The highest BCUT2D eigenvalue weighted by Gasteiger charge is 2.41. The van der Waals surface area contributed by atoms with E-state index in [1.807, 2.05) is 6.92 Å². The van der Waals surface area contributed by atoms with Gasteiger partial charge in [-0.15, -0.1) is 0 Å². The number of ether oxygens (including phenoxy) is 1. The second kappa shape index (κ2) is 9.52. The highest BCUT2D eigenvalue weighted by atomic mass is 16.5. The average molecular weight is 338 g/mol. The van der Waals surface area contributed by atoms with Crippen molar-refractivity contribution in [3.8, 4) is 0 Å². The zero-order valence-corrected chi connectivity index (χ0v) is 15.7. The summed E-state index contributed by atoms with van der Waals surface area (Å²) < 4.78 is 6.14. The lowest BCUT2D eigenvalue weighted by atomic mass is 9.85. The molecule has 1 rings (SSSR count). The first kappa shape index (κ1) is 21.1. The lowest BCUT2D eigenvalue weighted by Gasteiger charge is -2.40. The molecule has 24 heavy (non-hydrogen) atoms. The van der Waals surface area contributed by atoms with Crippen molar-refractivity contribution >= 4 is 0 Å². The number of rotatable bonds is 8. The Morgan fingerprint density at radius 2 is 2.08 bits per heavy atom. The van der Waals surface area contributed by atoms with Crippen molar-refractivity contribution in [2.75, 3.05) is 6.61 Å². The molecule has 0 bridgehead atoms. The van der Waals surface area contributed by atoms with E-state index in [0.29, 0.717) is 12.8 Å². The molecule has 0 aliphatic carbocycles. The lowest BCUT2D eigenvalue weighted by molar-refractivity contribution is -0.169. The van der Waals surface area contributed by atoms with Gasteiger partial charge in [-0.2, -0.15) is 0 Å². The van der Waals surface area contributed by atoms with Crippen molar-refractivity contribution in [2.24, 2.45) is 0 Å². The summed E-state index contributed by atoms with van der Waals surface area (Å²) >= 11 is 0. The van der Waals surface area contributed by atoms with E-state index in [4.69, 9.17) is 9.84 Å². The summed E-state index contributed by atoms with van der Waals surface area (Å²) in [6, 6.07) is 0. The highest BCUT2D eigenvalue weighted by Crippen LogP contribution is 2.32. The summed E-state index contributed by atoms with van der Waals surface area (Å²) in [5.74, 6) is 0. The van der Waals surface area contributed by atoms with E-state index >= 15 is 0 Å². The van der Waals surface area contributed by atoms with Crippen LogP contribution in [0.15, 0.2) is 34.9 Å². The Morgan fingerprint density at radius 3 is 2.67 bits per heavy atom. The minimum atomic E-state index is -1.34. The van der Waals surface area contributed by atoms with Crippen LogP contribution in [0.1, 0.15) is 60.3 Å². The van der Waals surface area contributed by atoms with Gasteiger partial charge in [-0.25, -0.2) is 0 Å². The first-order valence-electron chi connectivity index (χ1n) is 8.83. The fourth-order valence-electron chi connectivity index (χ4n) is 2.79. The van der Waals surface area contributed by atoms with Crippen LogP contribution in [0.2, 0.25) is 0 Å². The Labute approximate surface area is 146 Å². The largest absolute Gasteiger partial charge is 0.392 e. The van der Waals surface area contributed by atoms with Crippen LogP contribution in [0.25, 0.3) is 0 Å². The third-order valence-corrected chi connectivity index (χ3v) is 5.05. The van der Waals surface area contributed by atoms with Crippen LogP contribution in [0.3, 0.4) is 0 Å². The van der Waals surface area contributed by atoms with Gasteiger partial charge in [0.05, 0.1) is 24.9 Å². The predicted octanol–water partition coefficient (Wildman–Crippen LogP) is 3.28. The third kappa shape index (κ3) is 5.85. The van der Waals surface area contributed by atoms with E-state index in [9.17, 15) is 10.2 Å². The normalized spacial score (nSPS) is 26.8. The molecule has 1 aliphatic rings. The predicted molar refractivity (Wildman–Crippen MR) is 97.8 cm³/mol. The van der Waals surface area contributed by atoms with E-state index in [2.05, 4.69) is 26.0 Å². The van der Waals surface area contributed by atoms with Gasteiger partial charge in [0.1, 0.15) is 5.60 Å². The average Bonchev–Trinajstić information content (AvgIpc) is 2.57. The molecule has 4 heteroatoms. The molecule has 0 radical (unpaired) electrons. The summed E-state index contributed by atoms with van der Waals surface area (Å²) in [6.45, 7) is 9.59. The molecule has 0 aromatic heterocycles. The molecule has 0 aromatic carbocycles. The van der Waals surface area contributed by atoms with E-state index < -0.39 is 17.8 Å². The van der Waals surface area contributed by atoms with Crippen molar-refractivity contribution in [3.63, 3.8) is 0 Å². The molecular formula is C20H34O4. The second-order valence-corrected chi connectivity index (χ2v) is 7.16. The monoisotopic (exact) mass is 338 g/mol. The van der Waals surface area contributed by atoms with E-state index in [1.54, 1.807) is 19.9 Å². The van der Waals surface area contributed by atoms with E-state index in [0.717, 1.165) is 18.4 Å². The quantitative estimate of drug-likeness (QED) is 0.594. The lowest BCUT2D eigenvalue weighted by Crippen LogP contribution is -2.52. The summed E-state index contributed by atoms with van der Waals surface area (Å²) in [5, 5.41) is 30.2. The molecule has 138 valence electrons. The number of allylic oxidation sites excluding steroid dienone is 2. The van der Waals surface area contributed by atoms with Gasteiger partial charge in [-0.05, 0) is 65.9 Å². The summed E-state index contributed by atoms with van der Waals surface area (Å²) in [6.07, 6.45) is 7.32. The van der Waals surface area contributed by atoms with Gasteiger partial charge >= 0.3 is 0 Å². The van der Waals surface area contributed by atoms with Gasteiger partial charge in [-0.3, -0.25) is 0 Å². The number of hydrogen-bond acceptors (Lipinski definition) is 4. The Bertz CT molecular complexity index is 488. The molecule has 0 aromatic rings. The maximum Gasteiger partial charge on any atom is 0.114 e. The maximum atomic E-state index is 10.8. The van der Waals surface area contributed by atoms with E-state index in [-0.39, 0.29) is 12.7 Å². The fourth-order valence-corrected chi connectivity index (χ4v) is 2.79. The Morgan fingerprint density at radius 1 is 1.42 bits per heavy atom. The molecule has 0 spiro atoms. The van der Waals surface area contributed by atoms with Crippen molar-refractivity contribution in [2.45, 2.75) is 84.2 Å². The van der Waals surface area contributed by atoms with Crippen molar-refractivity contribution in [1.29, 1.82) is 0 Å². The number of aliphatic hydroxyl groups is 3. The van der Waals surface area contributed by atoms with Gasteiger partial charge in [0.15, 0.2) is 0 Å². The fraction of sp³-hybridized carbons (Fsp3) is 0.700. The minimum Gasteiger partial charge on any atom is -0.392 e. The molecule has 0 amide bonds. The molecule has 0 saturated heterocycles. The van der Waals surface area contributed by atoms with E-state index in [1.165, 1.54) is 11.1 Å². The van der Waals surface area contributed by atoms with Crippen LogP contribution < -0.4 is 0 Å². The van der Waals surface area contributed by atoms with Crippen LogP contribution in [0.5, 0.6) is 0 Å². The Hall–Kier alpha value is -0.940. The van der Waals surface area contributed by atoms with Crippen molar-refractivity contribution < 1.29 is 20.1 Å². The molecule has 4 atom stereocenters. The molecule has 0 saturated carbocycles. The van der Waals surface area contributed by atoms with Crippen molar-refractivity contribution in [3.05, 3.63) is 34.9 Å². The van der Waals surface area contributed by atoms with Gasteiger partial charge in [0, 0.05) is 0 Å². The van der Waals surface area contributed by atoms with Crippen LogP contribution in [0.4, 0.5) is 0 Å². The van der Waals surface area contributed by atoms with Crippen LogP contribution in [-0.4, -0.2) is 45.8 Å². The maximum absolute atomic E-state index is 10.8. The molecule has 0 unspecified atom stereocenters. The topological polar surface area (TPSA) is 69.9 Å². The van der Waals surface area contributed by atoms with Gasteiger partial charge in [-0.1, -0.05) is 29.4 Å². The Kier molecular flexibility index (Phi) is 8.37. The van der Waals surface area contributed by atoms with Crippen LogP contribution in [-0.2, 0) is 4.74 Å². The zero-order chi connectivity index (χ0) is 18.3.